The quantitative estimate of drug-likeness (QED) is 0.170. The van der Waals surface area contributed by atoms with E-state index in [1.165, 1.54) is 38.6 Å². The first-order chi connectivity index (χ1) is 25.5. The van der Waals surface area contributed by atoms with Crippen molar-refractivity contribution in [2.24, 2.45) is 5.92 Å². The van der Waals surface area contributed by atoms with Crippen molar-refractivity contribution in [1.82, 2.24) is 0 Å². The van der Waals surface area contributed by atoms with E-state index in [1.807, 2.05) is 34.6 Å². The molecule has 0 unspecified atom stereocenters. The SMILES string of the molecule is CC.Cc1c(C)c2c(c(-c3c4ccccc4c(-c4cc(C5=CC=CCC5)cc5ccccc45)c4ccccc34)c1O)C(/C=C\C(C)C)=C(C(C)(C)O)C2. The van der Waals surface area contributed by atoms with E-state index < -0.39 is 5.60 Å². The van der Waals surface area contributed by atoms with Crippen molar-refractivity contribution < 1.29 is 10.2 Å². The summed E-state index contributed by atoms with van der Waals surface area (Å²) in [5.74, 6) is 0.645. The van der Waals surface area contributed by atoms with Gasteiger partial charge in [-0.3, -0.25) is 0 Å². The number of phenols is 1. The Morgan fingerprint density at radius 3 is 1.87 bits per heavy atom. The standard InChI is InChI=1S/C49H46O2.C2H6/c1-29(2)24-25-40-43(49(5,6)51)28-41-30(3)31(4)48(50)47(46(40)41)45-38-22-14-12-20-36(38)44(37-21-13-15-23-39(37)45)42-27-34(32-16-8-7-9-17-32)26-33-18-10-11-19-35(33)42;1-2/h7-8,10-16,18-27,29,50-51H,9,17,28H2,1-6H3;1-2H3/b25-24-;. The lowest BCUT2D eigenvalue weighted by molar-refractivity contribution is 0.118. The maximum Gasteiger partial charge on any atom is 0.127 e. The molecular formula is C51H52O2. The van der Waals surface area contributed by atoms with E-state index in [1.54, 1.807) is 0 Å². The molecule has 8 rings (SSSR count). The van der Waals surface area contributed by atoms with Gasteiger partial charge in [0.05, 0.1) is 5.60 Å². The summed E-state index contributed by atoms with van der Waals surface area (Å²) in [5.41, 5.74) is 12.1. The number of allylic oxidation sites excluding steroid dienone is 7. The Morgan fingerprint density at radius 1 is 0.717 bits per heavy atom. The molecule has 2 aliphatic rings. The second-order valence-corrected chi connectivity index (χ2v) is 15.3. The lowest BCUT2D eigenvalue weighted by Crippen LogP contribution is -2.22. The lowest BCUT2D eigenvalue weighted by atomic mass is 9.80. The van der Waals surface area contributed by atoms with Crippen LogP contribution in [-0.2, 0) is 6.42 Å². The molecule has 0 amide bonds. The van der Waals surface area contributed by atoms with E-state index in [9.17, 15) is 10.2 Å². The first-order valence-electron chi connectivity index (χ1n) is 19.4. The van der Waals surface area contributed by atoms with Gasteiger partial charge in [-0.1, -0.05) is 131 Å². The van der Waals surface area contributed by atoms with Crippen molar-refractivity contribution in [3.63, 3.8) is 0 Å². The van der Waals surface area contributed by atoms with Gasteiger partial charge in [-0.05, 0) is 153 Å². The van der Waals surface area contributed by atoms with Crippen molar-refractivity contribution >= 4 is 43.5 Å². The molecule has 2 aliphatic carbocycles. The summed E-state index contributed by atoms with van der Waals surface area (Å²) in [4.78, 5) is 0. The number of benzene rings is 6. The number of hydrogen-bond acceptors (Lipinski definition) is 2. The van der Waals surface area contributed by atoms with Crippen LogP contribution in [0.25, 0.3) is 65.7 Å². The molecular weight excluding hydrogens is 645 g/mol. The van der Waals surface area contributed by atoms with Crippen molar-refractivity contribution in [2.45, 2.75) is 80.3 Å². The van der Waals surface area contributed by atoms with E-state index in [4.69, 9.17) is 0 Å². The van der Waals surface area contributed by atoms with Crippen LogP contribution in [0.4, 0.5) is 0 Å². The summed E-state index contributed by atoms with van der Waals surface area (Å²) in [6.07, 6.45) is 13.8. The Kier molecular flexibility index (Phi) is 9.79. The van der Waals surface area contributed by atoms with Crippen LogP contribution >= 0.6 is 0 Å². The fourth-order valence-electron chi connectivity index (χ4n) is 8.49. The molecule has 2 N–H and O–H groups in total. The summed E-state index contributed by atoms with van der Waals surface area (Å²) < 4.78 is 0. The molecule has 0 aromatic heterocycles. The summed E-state index contributed by atoms with van der Waals surface area (Å²) in [6, 6.07) is 31.0. The molecule has 2 heteroatoms. The number of aromatic hydroxyl groups is 1. The molecule has 6 aromatic carbocycles. The lowest BCUT2D eigenvalue weighted by Gasteiger charge is -2.24. The summed E-state index contributed by atoms with van der Waals surface area (Å²) in [5, 5.41) is 30.9. The van der Waals surface area contributed by atoms with Gasteiger partial charge < -0.3 is 10.2 Å². The zero-order chi connectivity index (χ0) is 37.6. The normalized spacial score (nSPS) is 14.4. The minimum absolute atomic E-state index is 0.312. The molecule has 0 heterocycles. The first kappa shape index (κ1) is 36.2. The van der Waals surface area contributed by atoms with E-state index in [-0.39, 0.29) is 0 Å². The molecule has 0 bridgehead atoms. The average Bonchev–Trinajstić information content (AvgIpc) is 3.57. The van der Waals surface area contributed by atoms with Crippen molar-refractivity contribution in [1.29, 1.82) is 0 Å². The average molecular weight is 697 g/mol. The second kappa shape index (κ2) is 14.3. The number of phenolic OH excluding ortho intramolecular Hbond substituents is 1. The van der Waals surface area contributed by atoms with Crippen LogP contribution in [0.1, 0.15) is 82.2 Å². The maximum absolute atomic E-state index is 12.4. The molecule has 0 saturated heterocycles. The molecule has 2 nitrogen and oxygen atoms in total. The third kappa shape index (κ3) is 6.24. The molecule has 0 saturated carbocycles. The van der Waals surface area contributed by atoms with Crippen molar-refractivity contribution in [3.8, 4) is 28.0 Å². The van der Waals surface area contributed by atoms with Crippen LogP contribution in [0.5, 0.6) is 5.75 Å². The highest BCUT2D eigenvalue weighted by molar-refractivity contribution is 6.25. The Balaban J connectivity index is 0.00000214. The Bertz CT molecular complexity index is 2470. The zero-order valence-electron chi connectivity index (χ0n) is 32.6. The minimum atomic E-state index is -1.02. The molecule has 0 spiro atoms. The van der Waals surface area contributed by atoms with E-state index in [2.05, 4.69) is 136 Å². The largest absolute Gasteiger partial charge is 0.507 e. The molecule has 53 heavy (non-hydrogen) atoms. The highest BCUT2D eigenvalue weighted by Crippen LogP contribution is 2.54. The smallest absolute Gasteiger partial charge is 0.127 e. The van der Waals surface area contributed by atoms with Gasteiger partial charge in [-0.25, -0.2) is 0 Å². The van der Waals surface area contributed by atoms with E-state index in [0.29, 0.717) is 18.1 Å². The Hall–Kier alpha value is -5.18. The highest BCUT2D eigenvalue weighted by atomic mass is 16.3. The van der Waals surface area contributed by atoms with E-state index >= 15 is 0 Å². The summed E-state index contributed by atoms with van der Waals surface area (Å²) in [7, 11) is 0. The second-order valence-electron chi connectivity index (χ2n) is 15.3. The monoisotopic (exact) mass is 696 g/mol. The van der Waals surface area contributed by atoms with Gasteiger partial charge in [0.25, 0.3) is 0 Å². The van der Waals surface area contributed by atoms with Crippen LogP contribution in [-0.4, -0.2) is 15.8 Å². The minimum Gasteiger partial charge on any atom is -0.507 e. The molecule has 6 aromatic rings. The van der Waals surface area contributed by atoms with Crippen LogP contribution in [0.15, 0.2) is 121 Å². The molecule has 0 radical (unpaired) electrons. The predicted molar refractivity (Wildman–Crippen MR) is 230 cm³/mol. The van der Waals surface area contributed by atoms with E-state index in [0.717, 1.165) is 73.4 Å². The third-order valence-electron chi connectivity index (χ3n) is 11.2. The predicted octanol–water partition coefficient (Wildman–Crippen LogP) is 13.9. The number of aliphatic hydroxyl groups is 1. The molecule has 0 aliphatic heterocycles. The van der Waals surface area contributed by atoms with Crippen LogP contribution in [0.3, 0.4) is 0 Å². The maximum atomic E-state index is 12.4. The van der Waals surface area contributed by atoms with Crippen molar-refractivity contribution in [3.05, 3.63) is 149 Å². The van der Waals surface area contributed by atoms with Gasteiger partial charge in [-0.2, -0.15) is 0 Å². The van der Waals surface area contributed by atoms with Gasteiger partial charge in [-0.15, -0.1) is 0 Å². The molecule has 0 atom stereocenters. The van der Waals surface area contributed by atoms with Gasteiger partial charge in [0.2, 0.25) is 0 Å². The fraction of sp³-hybridized carbons (Fsp3) is 0.255. The Morgan fingerprint density at radius 2 is 1.30 bits per heavy atom. The fourth-order valence-corrected chi connectivity index (χ4v) is 8.49. The molecule has 268 valence electrons. The first-order valence-corrected chi connectivity index (χ1v) is 19.4. The number of hydrogen-bond donors (Lipinski definition) is 2. The highest BCUT2D eigenvalue weighted by Gasteiger charge is 2.36. The van der Waals surface area contributed by atoms with Gasteiger partial charge in [0.1, 0.15) is 5.75 Å². The van der Waals surface area contributed by atoms with Gasteiger partial charge >= 0.3 is 0 Å². The number of rotatable bonds is 6. The topological polar surface area (TPSA) is 40.5 Å². The summed E-state index contributed by atoms with van der Waals surface area (Å²) in [6.45, 7) is 16.3. The van der Waals surface area contributed by atoms with Crippen LogP contribution < -0.4 is 0 Å². The van der Waals surface area contributed by atoms with Gasteiger partial charge in [0.15, 0.2) is 0 Å². The third-order valence-corrected chi connectivity index (χ3v) is 11.2. The molecule has 0 fully saturated rings. The van der Waals surface area contributed by atoms with Crippen molar-refractivity contribution in [2.75, 3.05) is 0 Å². The summed E-state index contributed by atoms with van der Waals surface area (Å²) >= 11 is 0. The van der Waals surface area contributed by atoms with Crippen LogP contribution in [0.2, 0.25) is 0 Å². The zero-order valence-corrected chi connectivity index (χ0v) is 32.6. The number of fused-ring (bicyclic) bond motifs is 4. The van der Waals surface area contributed by atoms with Gasteiger partial charge in [0, 0.05) is 11.1 Å². The van der Waals surface area contributed by atoms with Crippen LogP contribution in [0, 0.1) is 19.8 Å². The Labute approximate surface area is 315 Å².